The van der Waals surface area contributed by atoms with Crippen LogP contribution < -0.4 is 15.0 Å². The fourth-order valence-electron chi connectivity index (χ4n) is 3.85. The summed E-state index contributed by atoms with van der Waals surface area (Å²) in [6.07, 6.45) is 3.18. The first-order valence-electron chi connectivity index (χ1n) is 11.7. The van der Waals surface area contributed by atoms with Gasteiger partial charge < -0.3 is 14.6 Å². The molecule has 4 radical (unpaired) electrons. The molecule has 3 aromatic heterocycles. The van der Waals surface area contributed by atoms with Gasteiger partial charge in [-0.2, -0.15) is 0 Å². The number of aliphatic hydroxyl groups is 1. The number of aryl methyl sites for hydroxylation is 2. The summed E-state index contributed by atoms with van der Waals surface area (Å²) in [7, 11) is 14.0. The number of hydrogen-bond donors (Lipinski definition) is 1. The SMILES string of the molecule is [B]C([B])(Oc1cc(C)n(-c2cc(-c3ccnc(C(C)(C)O)n3)ncc2C)c(=O)c1Cl)c1cccc(OC)c1. The van der Waals surface area contributed by atoms with Crippen LogP contribution in [0.4, 0.5) is 0 Å². The standard InChI is InChI=1S/C27H25B2ClN4O4/c1-15-14-32-20(19-9-10-31-25(33-19)26(3,4)36)13-21(15)34-16(2)11-22(23(30)24(34)35)38-27(28,29)17-7-6-8-18(12-17)37-5/h6-14,36H,1-5H3. The van der Waals surface area contributed by atoms with Crippen LogP contribution in [0, 0.1) is 13.8 Å². The molecule has 0 aliphatic rings. The molecule has 0 spiro atoms. The molecule has 0 fully saturated rings. The van der Waals surface area contributed by atoms with Gasteiger partial charge in [0.05, 0.1) is 29.6 Å². The molecule has 0 aliphatic carbocycles. The molecule has 11 heteroatoms. The number of nitrogens with zero attached hydrogens (tertiary/aromatic N) is 4. The predicted octanol–water partition coefficient (Wildman–Crippen LogP) is 3.72. The highest BCUT2D eigenvalue weighted by atomic mass is 35.5. The topological polar surface area (TPSA) is 99.4 Å². The number of halogens is 1. The third-order valence-electron chi connectivity index (χ3n) is 5.88. The highest BCUT2D eigenvalue weighted by Gasteiger charge is 2.26. The molecule has 190 valence electrons. The van der Waals surface area contributed by atoms with E-state index in [0.717, 1.165) is 5.56 Å². The van der Waals surface area contributed by atoms with Crippen LogP contribution in [0.25, 0.3) is 17.1 Å². The van der Waals surface area contributed by atoms with Crippen LogP contribution in [0.15, 0.2) is 59.7 Å². The van der Waals surface area contributed by atoms with Crippen LogP contribution in [-0.2, 0) is 11.0 Å². The molecule has 0 amide bonds. The van der Waals surface area contributed by atoms with E-state index < -0.39 is 16.6 Å². The summed E-state index contributed by atoms with van der Waals surface area (Å²) in [5.41, 5.74) is 1.45. The second-order valence-corrected chi connectivity index (χ2v) is 9.79. The third kappa shape index (κ3) is 5.47. The second kappa shape index (κ2) is 10.3. The zero-order valence-corrected chi connectivity index (χ0v) is 22.4. The van der Waals surface area contributed by atoms with Gasteiger partial charge in [-0.05, 0) is 63.1 Å². The van der Waals surface area contributed by atoms with Gasteiger partial charge in [0.2, 0.25) is 0 Å². The fraction of sp³-hybridized carbons (Fsp3) is 0.259. The number of rotatable bonds is 7. The molecule has 8 nitrogen and oxygen atoms in total. The Morgan fingerprint density at radius 3 is 2.47 bits per heavy atom. The quantitative estimate of drug-likeness (QED) is 0.367. The van der Waals surface area contributed by atoms with E-state index in [1.807, 2.05) is 6.92 Å². The van der Waals surface area contributed by atoms with E-state index in [-0.39, 0.29) is 16.6 Å². The van der Waals surface area contributed by atoms with E-state index in [4.69, 9.17) is 36.8 Å². The van der Waals surface area contributed by atoms with Gasteiger partial charge in [0, 0.05) is 24.2 Å². The average Bonchev–Trinajstić information content (AvgIpc) is 2.87. The van der Waals surface area contributed by atoms with Crippen molar-refractivity contribution in [2.24, 2.45) is 0 Å². The lowest BCUT2D eigenvalue weighted by molar-refractivity contribution is 0.0688. The number of aromatic nitrogens is 4. The molecule has 0 saturated heterocycles. The molecule has 1 N–H and O–H groups in total. The third-order valence-corrected chi connectivity index (χ3v) is 6.23. The Hall–Kier alpha value is -3.62. The van der Waals surface area contributed by atoms with Gasteiger partial charge in [0.1, 0.15) is 37.8 Å². The second-order valence-electron chi connectivity index (χ2n) is 9.41. The number of benzene rings is 1. The van der Waals surface area contributed by atoms with Crippen molar-refractivity contribution in [3.63, 3.8) is 0 Å². The zero-order chi connectivity index (χ0) is 27.8. The highest BCUT2D eigenvalue weighted by molar-refractivity contribution is 6.39. The average molecular weight is 527 g/mol. The number of pyridine rings is 2. The van der Waals surface area contributed by atoms with Crippen molar-refractivity contribution in [2.45, 2.75) is 38.7 Å². The van der Waals surface area contributed by atoms with Crippen LogP contribution in [-0.4, -0.2) is 47.4 Å². The summed E-state index contributed by atoms with van der Waals surface area (Å²) in [4.78, 5) is 26.5. The summed E-state index contributed by atoms with van der Waals surface area (Å²) in [6.45, 7) is 6.76. The largest absolute Gasteiger partial charge is 0.501 e. The molecule has 38 heavy (non-hydrogen) atoms. The van der Waals surface area contributed by atoms with Crippen molar-refractivity contribution < 1.29 is 14.6 Å². The van der Waals surface area contributed by atoms with E-state index in [0.29, 0.717) is 34.1 Å². The molecule has 4 rings (SSSR count). The lowest BCUT2D eigenvalue weighted by Gasteiger charge is -2.30. The molecule has 0 saturated carbocycles. The minimum atomic E-state index is -1.78. The molecule has 0 aliphatic heterocycles. The van der Waals surface area contributed by atoms with Gasteiger partial charge in [-0.3, -0.25) is 14.3 Å². The Morgan fingerprint density at radius 2 is 1.79 bits per heavy atom. The molecule has 1 aromatic carbocycles. The maximum Gasteiger partial charge on any atom is 0.277 e. The minimum absolute atomic E-state index is 0.0378. The Labute approximate surface area is 228 Å². The Balaban J connectivity index is 1.76. The summed E-state index contributed by atoms with van der Waals surface area (Å²) in [5.74, 6) is 0.835. The predicted molar refractivity (Wildman–Crippen MR) is 147 cm³/mol. The molecular weight excluding hydrogens is 501 g/mol. The van der Waals surface area contributed by atoms with Gasteiger partial charge in [-0.25, -0.2) is 9.97 Å². The van der Waals surface area contributed by atoms with Crippen molar-refractivity contribution in [3.05, 3.63) is 92.9 Å². The van der Waals surface area contributed by atoms with E-state index in [1.54, 1.807) is 75.6 Å². The first-order chi connectivity index (χ1) is 17.8. The molecule has 0 unspecified atom stereocenters. The molecule has 0 bridgehead atoms. The lowest BCUT2D eigenvalue weighted by Crippen LogP contribution is -2.35. The van der Waals surface area contributed by atoms with Crippen molar-refractivity contribution in [2.75, 3.05) is 7.11 Å². The summed E-state index contributed by atoms with van der Waals surface area (Å²) in [5, 5.41) is 8.33. The van der Waals surface area contributed by atoms with Crippen molar-refractivity contribution in [1.29, 1.82) is 0 Å². The summed E-state index contributed by atoms with van der Waals surface area (Å²) >= 11 is 6.49. The Bertz CT molecular complexity index is 1570. The van der Waals surface area contributed by atoms with E-state index in [9.17, 15) is 9.90 Å². The normalized spacial score (nSPS) is 11.9. The van der Waals surface area contributed by atoms with E-state index in [2.05, 4.69) is 15.0 Å². The van der Waals surface area contributed by atoms with Crippen LogP contribution >= 0.6 is 11.6 Å². The van der Waals surface area contributed by atoms with Gasteiger partial charge in [0.15, 0.2) is 5.82 Å². The van der Waals surface area contributed by atoms with Crippen molar-refractivity contribution in [1.82, 2.24) is 19.5 Å². The zero-order valence-electron chi connectivity index (χ0n) is 21.7. The molecular formula is C27H25B2ClN4O4. The van der Waals surface area contributed by atoms with Gasteiger partial charge in [-0.15, -0.1) is 0 Å². The van der Waals surface area contributed by atoms with Gasteiger partial charge in [0.25, 0.3) is 5.56 Å². The minimum Gasteiger partial charge on any atom is -0.501 e. The lowest BCUT2D eigenvalue weighted by atomic mass is 9.61. The molecule has 0 atom stereocenters. The molecule has 4 aromatic rings. The number of hydrogen-bond acceptors (Lipinski definition) is 7. The monoisotopic (exact) mass is 526 g/mol. The Morgan fingerprint density at radius 1 is 1.05 bits per heavy atom. The summed E-state index contributed by atoms with van der Waals surface area (Å²) < 4.78 is 12.5. The van der Waals surface area contributed by atoms with E-state index >= 15 is 0 Å². The van der Waals surface area contributed by atoms with Gasteiger partial charge in [-0.1, -0.05) is 23.7 Å². The van der Waals surface area contributed by atoms with Crippen molar-refractivity contribution in [3.8, 4) is 28.6 Å². The van der Waals surface area contributed by atoms with Crippen LogP contribution in [0.1, 0.15) is 36.5 Å². The number of methoxy groups -OCH3 is 1. The summed E-state index contributed by atoms with van der Waals surface area (Å²) in [6, 6.07) is 11.8. The first kappa shape index (κ1) is 27.4. The maximum absolute atomic E-state index is 13.5. The van der Waals surface area contributed by atoms with Crippen LogP contribution in [0.3, 0.4) is 0 Å². The van der Waals surface area contributed by atoms with Crippen LogP contribution in [0.5, 0.6) is 11.5 Å². The van der Waals surface area contributed by atoms with Crippen molar-refractivity contribution >= 4 is 27.3 Å². The maximum atomic E-state index is 13.5. The fourth-order valence-corrected chi connectivity index (χ4v) is 4.03. The number of ether oxygens (including phenoxy) is 2. The molecule has 3 heterocycles. The van der Waals surface area contributed by atoms with E-state index in [1.165, 1.54) is 11.7 Å². The van der Waals surface area contributed by atoms with Gasteiger partial charge >= 0.3 is 0 Å². The first-order valence-corrected chi connectivity index (χ1v) is 12.1. The highest BCUT2D eigenvalue weighted by Crippen LogP contribution is 2.31. The van der Waals surface area contributed by atoms with Crippen LogP contribution in [0.2, 0.25) is 5.02 Å². The Kier molecular flexibility index (Phi) is 7.41. The smallest absolute Gasteiger partial charge is 0.277 e.